The van der Waals surface area contributed by atoms with Gasteiger partial charge in [-0.05, 0) is 23.3 Å². The van der Waals surface area contributed by atoms with Crippen LogP contribution in [-0.2, 0) is 9.59 Å². The molecule has 1 atom stereocenters. The van der Waals surface area contributed by atoms with E-state index in [1.54, 1.807) is 5.32 Å². The lowest BCUT2D eigenvalue weighted by Gasteiger charge is -2.29. The zero-order chi connectivity index (χ0) is 19.5. The van der Waals surface area contributed by atoms with E-state index in [1.807, 2.05) is 0 Å². The summed E-state index contributed by atoms with van der Waals surface area (Å²) in [4.78, 5) is 24.2. The first-order chi connectivity index (χ1) is 12.1. The average molecular weight is 396 g/mol. The summed E-state index contributed by atoms with van der Waals surface area (Å²) in [5.74, 6) is -2.21. The Balaban J connectivity index is 2.46. The molecule has 0 radical (unpaired) electrons. The van der Waals surface area contributed by atoms with E-state index in [1.165, 1.54) is 18.4 Å². The van der Waals surface area contributed by atoms with Crippen LogP contribution < -0.4 is 14.8 Å². The van der Waals surface area contributed by atoms with Gasteiger partial charge < -0.3 is 10.1 Å². The smallest absolute Gasteiger partial charge is 0.408 e. The van der Waals surface area contributed by atoms with Gasteiger partial charge in [0.05, 0.1) is 0 Å². The Kier molecular flexibility index (Phi) is 6.11. The molecule has 142 valence electrons. The normalized spacial score (nSPS) is 18.0. The summed E-state index contributed by atoms with van der Waals surface area (Å²) in [6.45, 7) is -3.06. The highest BCUT2D eigenvalue weighted by molar-refractivity contribution is 7.97. The van der Waals surface area contributed by atoms with E-state index in [4.69, 9.17) is 0 Å². The molecule has 1 aliphatic heterocycles. The Morgan fingerprint density at radius 2 is 1.92 bits per heavy atom. The molecule has 1 aromatic carbocycles. The molecular weight excluding hydrogens is 383 g/mol. The number of carbonyl (C=O) groups is 2. The summed E-state index contributed by atoms with van der Waals surface area (Å²) < 4.78 is 70.0. The van der Waals surface area contributed by atoms with Crippen molar-refractivity contribution in [2.75, 3.05) is 6.26 Å². The standard InChI is InChI=1S/C15H13F5N2O3S/c1-26-22-13(24)11-9(6-10(15(18,19)20)21-12(11)23)7-2-4-8(5-3-7)25-14(16)17/h2-5,10,14H,6H2,1H3,(H,21,23)(H,22,24). The Morgan fingerprint density at radius 3 is 2.42 bits per heavy atom. The fraction of sp³-hybridized carbons (Fsp3) is 0.333. The van der Waals surface area contributed by atoms with Crippen molar-refractivity contribution >= 4 is 29.3 Å². The van der Waals surface area contributed by atoms with Crippen LogP contribution in [0.25, 0.3) is 5.57 Å². The summed E-state index contributed by atoms with van der Waals surface area (Å²) in [6, 6.07) is 2.51. The molecule has 1 unspecified atom stereocenters. The van der Waals surface area contributed by atoms with Crippen molar-refractivity contribution in [3.8, 4) is 5.75 Å². The van der Waals surface area contributed by atoms with Gasteiger partial charge in [-0.25, -0.2) is 0 Å². The van der Waals surface area contributed by atoms with E-state index < -0.39 is 42.6 Å². The average Bonchev–Trinajstić information content (AvgIpc) is 2.53. The number of benzene rings is 1. The van der Waals surface area contributed by atoms with Crippen LogP contribution >= 0.6 is 11.9 Å². The van der Waals surface area contributed by atoms with Gasteiger partial charge >= 0.3 is 12.8 Å². The van der Waals surface area contributed by atoms with Crippen molar-refractivity contribution in [2.24, 2.45) is 0 Å². The third-order valence-corrected chi connectivity index (χ3v) is 3.88. The number of halogens is 5. The van der Waals surface area contributed by atoms with Crippen LogP contribution in [0.2, 0.25) is 0 Å². The molecule has 11 heteroatoms. The third-order valence-electron chi connectivity index (χ3n) is 3.49. The van der Waals surface area contributed by atoms with Gasteiger partial charge in [0.25, 0.3) is 11.8 Å². The molecule has 0 aliphatic carbocycles. The fourth-order valence-electron chi connectivity index (χ4n) is 2.41. The molecule has 26 heavy (non-hydrogen) atoms. The first-order valence-corrected chi connectivity index (χ1v) is 8.35. The van der Waals surface area contributed by atoms with Crippen molar-refractivity contribution in [3.63, 3.8) is 0 Å². The van der Waals surface area contributed by atoms with Gasteiger partial charge in [-0.2, -0.15) is 22.0 Å². The fourth-order valence-corrected chi connectivity index (χ4v) is 2.69. The Labute approximate surface area is 149 Å². The Hall–Kier alpha value is -2.30. The first-order valence-electron chi connectivity index (χ1n) is 7.12. The summed E-state index contributed by atoms with van der Waals surface area (Å²) in [5.41, 5.74) is -0.462. The monoisotopic (exact) mass is 396 g/mol. The van der Waals surface area contributed by atoms with Crippen molar-refractivity contribution in [3.05, 3.63) is 35.4 Å². The molecular formula is C15H13F5N2O3S. The molecule has 0 saturated heterocycles. The maximum atomic E-state index is 13.0. The van der Waals surface area contributed by atoms with Crippen molar-refractivity contribution in [1.82, 2.24) is 10.0 Å². The molecule has 1 aliphatic rings. The van der Waals surface area contributed by atoms with Crippen molar-refractivity contribution in [1.29, 1.82) is 0 Å². The highest BCUT2D eigenvalue weighted by Crippen LogP contribution is 2.35. The van der Waals surface area contributed by atoms with E-state index in [2.05, 4.69) is 9.46 Å². The number of amides is 2. The number of carbonyl (C=O) groups excluding carboxylic acids is 2. The molecule has 1 heterocycles. The lowest BCUT2D eigenvalue weighted by molar-refractivity contribution is -0.160. The summed E-state index contributed by atoms with van der Waals surface area (Å²) >= 11 is 0.879. The van der Waals surface area contributed by atoms with E-state index in [-0.39, 0.29) is 16.9 Å². The number of ether oxygens (including phenoxy) is 1. The lowest BCUT2D eigenvalue weighted by atomic mass is 9.89. The summed E-state index contributed by atoms with van der Waals surface area (Å²) in [6.07, 6.45) is -3.86. The number of hydrogen-bond acceptors (Lipinski definition) is 4. The number of nitrogens with one attached hydrogen (secondary N) is 2. The molecule has 0 spiro atoms. The molecule has 0 fully saturated rings. The van der Waals surface area contributed by atoms with Gasteiger partial charge in [0.15, 0.2) is 0 Å². The van der Waals surface area contributed by atoms with E-state index in [0.29, 0.717) is 0 Å². The van der Waals surface area contributed by atoms with Crippen LogP contribution in [0, 0.1) is 0 Å². The topological polar surface area (TPSA) is 67.4 Å². The third kappa shape index (κ3) is 4.65. The maximum absolute atomic E-state index is 13.0. The van der Waals surface area contributed by atoms with Crippen LogP contribution in [-0.4, -0.2) is 36.9 Å². The second-order valence-corrected chi connectivity index (χ2v) is 5.78. The van der Waals surface area contributed by atoms with Crippen molar-refractivity contribution in [2.45, 2.75) is 25.3 Å². The SMILES string of the molecule is CSNC(=O)C1=C(c2ccc(OC(F)F)cc2)CC(C(F)(F)F)NC1=O. The van der Waals surface area contributed by atoms with Crippen LogP contribution in [0.4, 0.5) is 22.0 Å². The van der Waals surface area contributed by atoms with Gasteiger partial charge in [0, 0.05) is 12.7 Å². The second kappa shape index (κ2) is 7.94. The quantitative estimate of drug-likeness (QED) is 0.456. The molecule has 2 amide bonds. The minimum Gasteiger partial charge on any atom is -0.435 e. The number of hydrogen-bond donors (Lipinski definition) is 2. The molecule has 2 N–H and O–H groups in total. The minimum absolute atomic E-state index is 0.127. The minimum atomic E-state index is -4.71. The van der Waals surface area contributed by atoms with Crippen molar-refractivity contribution < 1.29 is 36.3 Å². The molecule has 1 aromatic rings. The predicted molar refractivity (Wildman–Crippen MR) is 84.3 cm³/mol. The second-order valence-electron chi connectivity index (χ2n) is 5.16. The molecule has 0 bridgehead atoms. The highest BCUT2D eigenvalue weighted by Gasteiger charge is 2.45. The molecule has 0 saturated carbocycles. The van der Waals surface area contributed by atoms with Crippen LogP contribution in [0.15, 0.2) is 29.8 Å². The molecule has 5 nitrogen and oxygen atoms in total. The zero-order valence-electron chi connectivity index (χ0n) is 13.2. The number of alkyl halides is 5. The maximum Gasteiger partial charge on any atom is 0.408 e. The highest BCUT2D eigenvalue weighted by atomic mass is 32.2. The zero-order valence-corrected chi connectivity index (χ0v) is 14.0. The van der Waals surface area contributed by atoms with Crippen LogP contribution in [0.3, 0.4) is 0 Å². The summed E-state index contributed by atoms with van der Waals surface area (Å²) in [7, 11) is 0. The van der Waals surface area contributed by atoms with Crippen LogP contribution in [0.1, 0.15) is 12.0 Å². The van der Waals surface area contributed by atoms with Gasteiger partial charge in [-0.15, -0.1) is 0 Å². The Bertz CT molecular complexity index is 719. The molecule has 0 aromatic heterocycles. The van der Waals surface area contributed by atoms with Gasteiger partial charge in [-0.3, -0.25) is 14.3 Å². The predicted octanol–water partition coefficient (Wildman–Crippen LogP) is 2.89. The van der Waals surface area contributed by atoms with Crippen LogP contribution in [0.5, 0.6) is 5.75 Å². The lowest BCUT2D eigenvalue weighted by Crippen LogP contribution is -2.50. The Morgan fingerprint density at radius 1 is 1.31 bits per heavy atom. The van der Waals surface area contributed by atoms with E-state index in [9.17, 15) is 31.5 Å². The van der Waals surface area contributed by atoms with Gasteiger partial charge in [0.1, 0.15) is 17.4 Å². The van der Waals surface area contributed by atoms with E-state index >= 15 is 0 Å². The summed E-state index contributed by atoms with van der Waals surface area (Å²) in [5, 5.41) is 1.77. The first kappa shape index (κ1) is 20.0. The number of rotatable bonds is 5. The molecule has 2 rings (SSSR count). The largest absolute Gasteiger partial charge is 0.435 e. The van der Waals surface area contributed by atoms with Gasteiger partial charge in [-0.1, -0.05) is 24.1 Å². The van der Waals surface area contributed by atoms with Gasteiger partial charge in [0.2, 0.25) is 0 Å². The van der Waals surface area contributed by atoms with E-state index in [0.717, 1.165) is 24.1 Å².